The van der Waals surface area contributed by atoms with Gasteiger partial charge in [0.2, 0.25) is 23.3 Å². The molecule has 4 heterocycles. The Morgan fingerprint density at radius 2 is 1.67 bits per heavy atom. The highest BCUT2D eigenvalue weighted by atomic mass is 32.1. The maximum absolute atomic E-state index is 13.6. The van der Waals surface area contributed by atoms with Crippen LogP contribution >= 0.6 is 11.3 Å². The summed E-state index contributed by atoms with van der Waals surface area (Å²) in [5, 5.41) is 32.5. The van der Waals surface area contributed by atoms with Crippen molar-refractivity contribution in [1.29, 1.82) is 0 Å². The fourth-order valence-corrected chi connectivity index (χ4v) is 8.70. The number of aromatic nitrogens is 2. The van der Waals surface area contributed by atoms with Crippen molar-refractivity contribution in [3.63, 3.8) is 0 Å². The lowest BCUT2D eigenvalue weighted by molar-refractivity contribution is -0.149. The topological polar surface area (TPSA) is 245 Å². The van der Waals surface area contributed by atoms with E-state index in [0.717, 1.165) is 33.8 Å². The van der Waals surface area contributed by atoms with Gasteiger partial charge in [-0.05, 0) is 66.9 Å². The van der Waals surface area contributed by atoms with Gasteiger partial charge < -0.3 is 55.7 Å². The molecule has 7 rings (SSSR count). The molecule has 2 aliphatic heterocycles. The van der Waals surface area contributed by atoms with E-state index < -0.39 is 70.9 Å². The molecule has 7 N–H and O–H groups in total. The third-order valence-electron chi connectivity index (χ3n) is 11.4. The second kappa shape index (κ2) is 21.3. The molecule has 0 aliphatic carbocycles. The molecule has 3 aromatic carbocycles. The molecule has 5 aromatic rings. The van der Waals surface area contributed by atoms with Crippen LogP contribution in [0.3, 0.4) is 0 Å². The van der Waals surface area contributed by atoms with Crippen LogP contribution in [0.2, 0.25) is 0 Å². The first-order chi connectivity index (χ1) is 32.1. The fraction of sp³-hybridized carbons (Fsp3) is 0.370. The predicted octanol–water partition coefficient (Wildman–Crippen LogP) is 2.21. The Bertz CT molecular complexity index is 2620. The van der Waals surface area contributed by atoms with E-state index in [0.29, 0.717) is 22.7 Å². The summed E-state index contributed by atoms with van der Waals surface area (Å²) in [5.74, 6) is -5.45. The fourth-order valence-electron chi connectivity index (χ4n) is 7.89. The van der Waals surface area contributed by atoms with Crippen molar-refractivity contribution in [2.75, 3.05) is 51.0 Å². The third-order valence-corrected chi connectivity index (χ3v) is 12.4. The predicted molar refractivity (Wildman–Crippen MR) is 240 cm³/mol. The van der Waals surface area contributed by atoms with E-state index in [1.165, 1.54) is 16.7 Å². The Kier molecular flexibility index (Phi) is 15.4. The standard InChI is InChI=1S/C46H50F2N8O10S/c1-26-40(67-25-52-26)30-5-3-28(4-6-30)21-50-42(60)38-20-35(57)23-56(38)43(61)27(2)53-39(58)24-66-14-13-65-12-10-49-41(59)37-18-31-17-34(7-8-36(31)54-37)55-11-9-46(64,45(55)63)44(62)51-22-29-15-32(47)19-33(48)16-29/h3-8,15-19,25,27,35,38,54,57,64H,9-14,20-24H2,1-2H3,(H,49,59)(H,50,60)(H,51,62)(H,53,58)/t27?,35-,38+,46?/m1/s1. The number of nitrogens with zero attached hydrogens (tertiary/aromatic N) is 3. The Balaban J connectivity index is 0.775. The highest BCUT2D eigenvalue weighted by molar-refractivity contribution is 7.13. The minimum Gasteiger partial charge on any atom is -0.391 e. The number of hydrogen-bond acceptors (Lipinski definition) is 12. The molecule has 6 amide bonds. The first-order valence-corrected chi connectivity index (χ1v) is 22.4. The number of thiazole rings is 1. The highest BCUT2D eigenvalue weighted by Crippen LogP contribution is 2.32. The molecule has 67 heavy (non-hydrogen) atoms. The average molecular weight is 945 g/mol. The number of benzene rings is 3. The molecule has 4 atom stereocenters. The third kappa shape index (κ3) is 11.7. The Hall–Kier alpha value is -6.65. The van der Waals surface area contributed by atoms with Gasteiger partial charge in [0.15, 0.2) is 0 Å². The van der Waals surface area contributed by atoms with Gasteiger partial charge in [0.25, 0.3) is 17.7 Å². The van der Waals surface area contributed by atoms with Crippen LogP contribution in [0.4, 0.5) is 14.5 Å². The van der Waals surface area contributed by atoms with Crippen molar-refractivity contribution < 1.29 is 57.2 Å². The van der Waals surface area contributed by atoms with Crippen LogP contribution in [0.15, 0.2) is 72.2 Å². The minimum absolute atomic E-state index is 0.0146. The van der Waals surface area contributed by atoms with E-state index in [1.54, 1.807) is 41.1 Å². The van der Waals surface area contributed by atoms with Gasteiger partial charge in [-0.15, -0.1) is 11.3 Å². The van der Waals surface area contributed by atoms with Crippen molar-refractivity contribution in [3.8, 4) is 10.4 Å². The van der Waals surface area contributed by atoms with Crippen molar-refractivity contribution >= 4 is 63.4 Å². The number of ether oxygens (including phenoxy) is 2. The molecular formula is C46H50F2N8O10S. The number of aromatic amines is 1. The normalized spacial score (nSPS) is 18.6. The molecule has 0 spiro atoms. The second-order valence-electron chi connectivity index (χ2n) is 16.3. The number of fused-ring (bicyclic) bond motifs is 1. The van der Waals surface area contributed by atoms with Crippen LogP contribution in [0.5, 0.6) is 0 Å². The number of H-pyrrole nitrogens is 1. The lowest BCUT2D eigenvalue weighted by Gasteiger charge is -2.27. The number of anilines is 1. The Labute approximate surface area is 387 Å². The minimum atomic E-state index is -2.39. The van der Waals surface area contributed by atoms with Gasteiger partial charge in [-0.25, -0.2) is 13.8 Å². The number of nitrogens with one attached hydrogen (secondary N) is 5. The number of aliphatic hydroxyl groups is 2. The molecule has 0 bridgehead atoms. The summed E-state index contributed by atoms with van der Waals surface area (Å²) in [4.78, 5) is 88.9. The zero-order valence-corrected chi connectivity index (χ0v) is 37.4. The van der Waals surface area contributed by atoms with Crippen LogP contribution in [0, 0.1) is 18.6 Å². The van der Waals surface area contributed by atoms with Crippen LogP contribution in [0.1, 0.15) is 47.1 Å². The average Bonchev–Trinajstić information content (AvgIpc) is 4.10. The van der Waals surface area contributed by atoms with E-state index in [2.05, 4.69) is 31.2 Å². The van der Waals surface area contributed by atoms with Crippen molar-refractivity contribution in [1.82, 2.24) is 36.1 Å². The maximum Gasteiger partial charge on any atom is 0.268 e. The van der Waals surface area contributed by atoms with E-state index in [4.69, 9.17) is 9.47 Å². The van der Waals surface area contributed by atoms with E-state index in [-0.39, 0.29) is 83.3 Å². The number of carbonyl (C=O) groups is 6. The molecule has 0 radical (unpaired) electrons. The molecule has 21 heteroatoms. The van der Waals surface area contributed by atoms with Crippen molar-refractivity contribution in [2.24, 2.45) is 0 Å². The molecule has 2 aliphatic rings. The van der Waals surface area contributed by atoms with Gasteiger partial charge in [-0.3, -0.25) is 28.8 Å². The largest absolute Gasteiger partial charge is 0.391 e. The summed E-state index contributed by atoms with van der Waals surface area (Å²) in [6, 6.07) is 15.0. The number of β-amino-alcohol motifs (C(OH)–C–C–N with tert-alkyl or cyclic N) is 1. The van der Waals surface area contributed by atoms with Crippen LogP contribution in [-0.4, -0.2) is 130 Å². The first kappa shape index (κ1) is 48.3. The molecule has 354 valence electrons. The summed E-state index contributed by atoms with van der Waals surface area (Å²) in [7, 11) is 0. The molecule has 0 saturated carbocycles. The molecular weight excluding hydrogens is 895 g/mol. The molecule has 2 unspecified atom stereocenters. The quantitative estimate of drug-likeness (QED) is 0.0468. The molecule has 18 nitrogen and oxygen atoms in total. The summed E-state index contributed by atoms with van der Waals surface area (Å²) >= 11 is 1.55. The zero-order valence-electron chi connectivity index (χ0n) is 36.6. The lowest BCUT2D eigenvalue weighted by Crippen LogP contribution is -2.53. The number of carbonyl (C=O) groups excluding carboxylic acids is 6. The molecule has 2 fully saturated rings. The number of halogens is 2. The second-order valence-corrected chi connectivity index (χ2v) is 17.1. The van der Waals surface area contributed by atoms with E-state index >= 15 is 0 Å². The summed E-state index contributed by atoms with van der Waals surface area (Å²) < 4.78 is 38.0. The number of aliphatic hydroxyl groups excluding tert-OH is 1. The van der Waals surface area contributed by atoms with Gasteiger partial charge >= 0.3 is 0 Å². The zero-order chi connectivity index (χ0) is 47.8. The number of amides is 6. The van der Waals surface area contributed by atoms with E-state index in [9.17, 15) is 47.8 Å². The number of rotatable bonds is 19. The summed E-state index contributed by atoms with van der Waals surface area (Å²) in [6.07, 6.45) is -1.05. The number of likely N-dealkylation sites (tertiary alicyclic amines) is 1. The SMILES string of the molecule is Cc1ncsc1-c1ccc(CNC(=O)[C@@H]2C[C@@H](O)CN2C(=O)C(C)NC(=O)COCCOCCNC(=O)c2cc3cc(N4CCC(O)(C(=O)NCc5cc(F)cc(F)c5)C4=O)ccc3[nH]2)cc1. The summed E-state index contributed by atoms with van der Waals surface area (Å²) in [5.41, 5.74) is 3.55. The highest BCUT2D eigenvalue weighted by Gasteiger charge is 2.51. The van der Waals surface area contributed by atoms with Gasteiger partial charge in [-0.1, -0.05) is 24.3 Å². The van der Waals surface area contributed by atoms with Crippen molar-refractivity contribution in [3.05, 3.63) is 106 Å². The van der Waals surface area contributed by atoms with Crippen LogP contribution < -0.4 is 26.2 Å². The maximum atomic E-state index is 13.6. The monoisotopic (exact) mass is 944 g/mol. The Morgan fingerprint density at radius 1 is 0.940 bits per heavy atom. The smallest absolute Gasteiger partial charge is 0.268 e. The number of aryl methyl sites for hydroxylation is 1. The molecule has 2 aromatic heterocycles. The van der Waals surface area contributed by atoms with Gasteiger partial charge in [0, 0.05) is 68.2 Å². The van der Waals surface area contributed by atoms with Crippen LogP contribution in [-0.2, 0) is 46.5 Å². The van der Waals surface area contributed by atoms with Crippen LogP contribution in [0.25, 0.3) is 21.3 Å². The van der Waals surface area contributed by atoms with E-state index in [1.807, 2.05) is 31.2 Å². The lowest BCUT2D eigenvalue weighted by atomic mass is 10.0. The first-order valence-electron chi connectivity index (χ1n) is 21.5. The molecule has 2 saturated heterocycles. The van der Waals surface area contributed by atoms with Crippen molar-refractivity contribution in [2.45, 2.75) is 63.6 Å². The van der Waals surface area contributed by atoms with Gasteiger partial charge in [0.05, 0.1) is 42.0 Å². The summed E-state index contributed by atoms with van der Waals surface area (Å²) in [6.45, 7) is 3.37. The Morgan fingerprint density at radius 3 is 2.40 bits per heavy atom. The number of hydrogen-bond donors (Lipinski definition) is 7. The van der Waals surface area contributed by atoms with Gasteiger partial charge in [0.1, 0.15) is 36.0 Å². The van der Waals surface area contributed by atoms with Gasteiger partial charge in [-0.2, -0.15) is 0 Å².